The van der Waals surface area contributed by atoms with E-state index < -0.39 is 28.9 Å². The minimum absolute atomic E-state index is 0.826. The second-order valence-corrected chi connectivity index (χ2v) is 20.0. The van der Waals surface area contributed by atoms with E-state index >= 15 is 0 Å². The van der Waals surface area contributed by atoms with Crippen molar-refractivity contribution in [2.24, 2.45) is 0 Å². The van der Waals surface area contributed by atoms with Gasteiger partial charge in [-0.3, -0.25) is 0 Å². The molecule has 36 heavy (non-hydrogen) atoms. The first-order valence-electron chi connectivity index (χ1n) is 12.4. The SMILES string of the molecule is CCC[Si](C)([c-]1c(C)c(C)c2sc3ccccc3c21)[c-]1c(C)c(C)c2sc3ccccc3c21.[Cl][Zr+2][Cl]. The molecule has 0 atom stereocenters. The molecule has 0 fully saturated rings. The van der Waals surface area contributed by atoms with Gasteiger partial charge in [0, 0.05) is 8.07 Å². The van der Waals surface area contributed by atoms with Gasteiger partial charge >= 0.3 is 37.9 Å². The van der Waals surface area contributed by atoms with E-state index in [0.29, 0.717) is 0 Å². The average molecular weight is 645 g/mol. The van der Waals surface area contributed by atoms with Gasteiger partial charge in [0.2, 0.25) is 0 Å². The standard InChI is InChI=1S/C30H30S2Si.2ClH.Zr/c1-7-16-33(6,29-19(4)17(2)27-25(29)21-12-8-10-14-23(21)31-27)30-20(5)18(3)28-26(30)22-13-9-11-15-24(22)32-28;;;/h8-15H,7,16H2,1-6H3;2*1H;/q-2;;;+4/p-2. The van der Waals surface area contributed by atoms with Crippen molar-refractivity contribution in [1.82, 2.24) is 0 Å². The monoisotopic (exact) mass is 642 g/mol. The predicted molar refractivity (Wildman–Crippen MR) is 166 cm³/mol. The molecule has 6 rings (SSSR count). The Hall–Kier alpha value is -0.740. The summed E-state index contributed by atoms with van der Waals surface area (Å²) in [5.41, 5.74) is 6.11. The number of benzene rings is 2. The average Bonchev–Trinajstić information content (AvgIpc) is 3.55. The Labute approximate surface area is 241 Å². The molecule has 6 aromatic rings. The number of aryl methyl sites for hydroxylation is 2. The molecule has 0 radical (unpaired) electrons. The molecule has 0 aliphatic carbocycles. The molecule has 2 aromatic heterocycles. The van der Waals surface area contributed by atoms with Crippen LogP contribution >= 0.6 is 39.7 Å². The van der Waals surface area contributed by atoms with Gasteiger partial charge in [0.1, 0.15) is 0 Å². The Balaban J connectivity index is 0.000000848. The summed E-state index contributed by atoms with van der Waals surface area (Å²) >= 11 is 3.16. The van der Waals surface area contributed by atoms with Gasteiger partial charge in [-0.05, 0) is 9.40 Å². The number of halogens is 2. The molecule has 0 saturated carbocycles. The van der Waals surface area contributed by atoms with Crippen molar-refractivity contribution in [3.63, 3.8) is 0 Å². The number of thiophene rings is 2. The normalized spacial score (nSPS) is 12.0. The van der Waals surface area contributed by atoms with Gasteiger partial charge in [-0.1, -0.05) is 122 Å². The molecular formula is C30H30Cl2S2SiZr. The Morgan fingerprint density at radius 3 is 1.53 bits per heavy atom. The first-order valence-corrected chi connectivity index (χ1v) is 23.1. The summed E-state index contributed by atoms with van der Waals surface area (Å²) in [5.74, 6) is 0. The molecule has 0 saturated heterocycles. The van der Waals surface area contributed by atoms with E-state index in [2.05, 4.69) is 89.7 Å². The van der Waals surface area contributed by atoms with Crippen molar-refractivity contribution in [2.45, 2.75) is 53.6 Å². The van der Waals surface area contributed by atoms with Crippen molar-refractivity contribution < 1.29 is 20.8 Å². The molecule has 184 valence electrons. The fourth-order valence-electron chi connectivity index (χ4n) is 6.46. The summed E-state index contributed by atoms with van der Waals surface area (Å²) in [7, 11) is 7.84. The number of rotatable bonds is 4. The molecule has 0 nitrogen and oxygen atoms in total. The van der Waals surface area contributed by atoms with Crippen molar-refractivity contribution >= 4 is 98.5 Å². The van der Waals surface area contributed by atoms with Gasteiger partial charge in [0.05, 0.1) is 0 Å². The van der Waals surface area contributed by atoms with Crippen molar-refractivity contribution in [1.29, 1.82) is 0 Å². The van der Waals surface area contributed by atoms with E-state index in [1.165, 1.54) is 53.2 Å². The Morgan fingerprint density at radius 2 is 1.14 bits per heavy atom. The molecule has 0 N–H and O–H groups in total. The summed E-state index contributed by atoms with van der Waals surface area (Å²) in [6.45, 7) is 14.6. The first kappa shape index (κ1) is 26.9. The summed E-state index contributed by atoms with van der Waals surface area (Å²) < 4.78 is 5.90. The van der Waals surface area contributed by atoms with Crippen LogP contribution in [0.4, 0.5) is 0 Å². The summed E-state index contributed by atoms with van der Waals surface area (Å²) in [6, 6.07) is 19.4. The van der Waals surface area contributed by atoms with Crippen LogP contribution in [0.2, 0.25) is 12.6 Å². The van der Waals surface area contributed by atoms with Gasteiger partial charge in [0.25, 0.3) is 0 Å². The fraction of sp³-hybridized carbons (Fsp3) is 0.267. The van der Waals surface area contributed by atoms with Crippen molar-refractivity contribution in [3.8, 4) is 0 Å². The van der Waals surface area contributed by atoms with Crippen LogP contribution in [0.25, 0.3) is 40.3 Å². The molecule has 0 aliphatic rings. The Bertz CT molecular complexity index is 1600. The third-order valence-corrected chi connectivity index (χ3v) is 15.6. The van der Waals surface area contributed by atoms with Gasteiger partial charge in [0.15, 0.2) is 0 Å². The van der Waals surface area contributed by atoms with Crippen LogP contribution in [0.1, 0.15) is 35.6 Å². The predicted octanol–water partition coefficient (Wildman–Crippen LogP) is 10.1. The molecule has 2 heterocycles. The summed E-state index contributed by atoms with van der Waals surface area (Å²) in [5, 5.41) is 9.48. The quantitative estimate of drug-likeness (QED) is 0.132. The number of hydrogen-bond acceptors (Lipinski definition) is 2. The second-order valence-electron chi connectivity index (χ2n) is 10.0. The number of fused-ring (bicyclic) bond motifs is 6. The summed E-state index contributed by atoms with van der Waals surface area (Å²) in [4.78, 5) is 0. The molecule has 4 aromatic carbocycles. The van der Waals surface area contributed by atoms with Gasteiger partial charge < -0.3 is 0 Å². The maximum absolute atomic E-state index is 4.93. The molecule has 0 unspecified atom stereocenters. The van der Waals surface area contributed by atoms with Crippen LogP contribution in [0.5, 0.6) is 0 Å². The van der Waals surface area contributed by atoms with Crippen molar-refractivity contribution in [2.75, 3.05) is 0 Å². The van der Waals surface area contributed by atoms with Crippen LogP contribution in [0.15, 0.2) is 48.5 Å². The van der Waals surface area contributed by atoms with E-state index in [9.17, 15) is 0 Å². The zero-order valence-corrected chi connectivity index (χ0v) is 28.2. The van der Waals surface area contributed by atoms with E-state index in [1.54, 1.807) is 32.3 Å². The Morgan fingerprint density at radius 1 is 0.750 bits per heavy atom. The van der Waals surface area contributed by atoms with Crippen LogP contribution in [0.3, 0.4) is 0 Å². The molecule has 6 heteroatoms. The van der Waals surface area contributed by atoms with Crippen LogP contribution in [-0.4, -0.2) is 8.07 Å². The van der Waals surface area contributed by atoms with E-state index in [4.69, 9.17) is 17.0 Å². The van der Waals surface area contributed by atoms with Gasteiger partial charge in [-0.2, -0.15) is 0 Å². The van der Waals surface area contributed by atoms with Crippen molar-refractivity contribution in [3.05, 3.63) is 70.8 Å². The molecule has 0 amide bonds. The van der Waals surface area contributed by atoms with Crippen LogP contribution in [-0.2, 0) is 20.8 Å². The zero-order valence-electron chi connectivity index (χ0n) is 21.6. The molecule has 0 bridgehead atoms. The molecular weight excluding hydrogens is 615 g/mol. The fourth-order valence-corrected chi connectivity index (χ4v) is 14.6. The van der Waals surface area contributed by atoms with Crippen LogP contribution < -0.4 is 10.4 Å². The Kier molecular flexibility index (Phi) is 7.78. The van der Waals surface area contributed by atoms with Crippen LogP contribution in [0, 0.1) is 27.7 Å². The summed E-state index contributed by atoms with van der Waals surface area (Å²) in [6.07, 6.45) is 1.23. The molecule has 0 aliphatic heterocycles. The first-order chi connectivity index (χ1) is 17.3. The van der Waals surface area contributed by atoms with E-state index in [-0.39, 0.29) is 0 Å². The molecule has 0 spiro atoms. The van der Waals surface area contributed by atoms with Gasteiger partial charge in [-0.25, -0.2) is 22.7 Å². The minimum atomic E-state index is -2.03. The third-order valence-electron chi connectivity index (χ3n) is 8.10. The van der Waals surface area contributed by atoms with E-state index in [1.807, 2.05) is 22.7 Å². The second kappa shape index (κ2) is 10.4. The van der Waals surface area contributed by atoms with E-state index in [0.717, 1.165) is 0 Å². The van der Waals surface area contributed by atoms with Gasteiger partial charge in [-0.15, -0.1) is 43.4 Å². The third kappa shape index (κ3) is 3.98. The number of hydrogen-bond donors (Lipinski definition) is 0. The maximum atomic E-state index is 4.93. The zero-order chi connectivity index (χ0) is 25.8. The topological polar surface area (TPSA) is 0 Å².